The quantitative estimate of drug-likeness (QED) is 0.640. The van der Waals surface area contributed by atoms with Gasteiger partial charge in [-0.1, -0.05) is 19.3 Å². The molecule has 0 aromatic rings. The second-order valence-electron chi connectivity index (χ2n) is 3.50. The number of nitrogens with zero attached hydrogens (tertiary/aromatic N) is 1. The van der Waals surface area contributed by atoms with Crippen molar-refractivity contribution in [2.45, 2.75) is 38.1 Å². The van der Waals surface area contributed by atoms with Crippen LogP contribution in [0.15, 0.2) is 4.99 Å². The average Bonchev–Trinajstić information content (AvgIpc) is 2.59. The maximum absolute atomic E-state index is 5.29. The molecule has 0 aromatic carbocycles. The first-order valence-electron chi connectivity index (χ1n) is 4.89. The summed E-state index contributed by atoms with van der Waals surface area (Å²) in [4.78, 5) is 4.52. The maximum atomic E-state index is 5.29. The van der Waals surface area contributed by atoms with Crippen LogP contribution in [0.4, 0.5) is 0 Å². The molecular formula is C9H16N2O. The molecule has 0 atom stereocenters. The molecule has 0 unspecified atom stereocenters. The molecule has 12 heavy (non-hydrogen) atoms. The molecule has 0 amide bonds. The molecule has 1 N–H and O–H groups in total. The van der Waals surface area contributed by atoms with Gasteiger partial charge in [0.25, 0.3) is 6.02 Å². The fourth-order valence-corrected chi connectivity index (χ4v) is 1.82. The van der Waals surface area contributed by atoms with Crippen molar-refractivity contribution in [1.29, 1.82) is 0 Å². The number of amidine groups is 1. The summed E-state index contributed by atoms with van der Waals surface area (Å²) in [5.41, 5.74) is 0. The van der Waals surface area contributed by atoms with Crippen LogP contribution in [-0.2, 0) is 4.74 Å². The van der Waals surface area contributed by atoms with Crippen molar-refractivity contribution < 1.29 is 4.74 Å². The maximum Gasteiger partial charge on any atom is 0.285 e. The van der Waals surface area contributed by atoms with Gasteiger partial charge >= 0.3 is 0 Å². The van der Waals surface area contributed by atoms with E-state index in [0.717, 1.165) is 19.2 Å². The Bertz CT molecular complexity index is 165. The molecule has 1 aliphatic heterocycles. The highest BCUT2D eigenvalue weighted by Gasteiger charge is 2.15. The summed E-state index contributed by atoms with van der Waals surface area (Å²) < 4.78 is 5.29. The van der Waals surface area contributed by atoms with Crippen LogP contribution in [-0.4, -0.2) is 25.2 Å². The first-order chi connectivity index (χ1) is 5.95. The Morgan fingerprint density at radius 3 is 2.75 bits per heavy atom. The molecule has 2 aliphatic rings. The number of hydrogen-bond acceptors (Lipinski definition) is 2. The normalized spacial score (nSPS) is 28.5. The topological polar surface area (TPSA) is 33.6 Å². The highest BCUT2D eigenvalue weighted by Crippen LogP contribution is 2.20. The van der Waals surface area contributed by atoms with Crippen molar-refractivity contribution in [3.8, 4) is 0 Å². The first-order valence-corrected chi connectivity index (χ1v) is 4.89. The predicted octanol–water partition coefficient (Wildman–Crippen LogP) is 1.29. The SMILES string of the molecule is C1CCC(N=C2NCCO2)CC1. The summed E-state index contributed by atoms with van der Waals surface area (Å²) in [5.74, 6) is 0. The molecule has 3 heteroatoms. The van der Waals surface area contributed by atoms with E-state index in [4.69, 9.17) is 4.74 Å². The van der Waals surface area contributed by atoms with Crippen LogP contribution in [0, 0.1) is 0 Å². The molecule has 0 aromatic heterocycles. The lowest BCUT2D eigenvalue weighted by Gasteiger charge is -2.17. The Labute approximate surface area is 73.2 Å². The molecule has 0 bridgehead atoms. The lowest BCUT2D eigenvalue weighted by Crippen LogP contribution is -2.20. The summed E-state index contributed by atoms with van der Waals surface area (Å²) in [6.07, 6.45) is 6.54. The summed E-state index contributed by atoms with van der Waals surface area (Å²) >= 11 is 0. The summed E-state index contributed by atoms with van der Waals surface area (Å²) in [5, 5.41) is 3.13. The molecule has 1 saturated carbocycles. The van der Waals surface area contributed by atoms with Crippen LogP contribution < -0.4 is 5.32 Å². The van der Waals surface area contributed by atoms with Gasteiger partial charge < -0.3 is 10.1 Å². The smallest absolute Gasteiger partial charge is 0.285 e. The zero-order chi connectivity index (χ0) is 8.23. The summed E-state index contributed by atoms with van der Waals surface area (Å²) in [7, 11) is 0. The fourth-order valence-electron chi connectivity index (χ4n) is 1.82. The lowest BCUT2D eigenvalue weighted by molar-refractivity contribution is 0.343. The van der Waals surface area contributed by atoms with E-state index in [1.165, 1.54) is 32.1 Å². The van der Waals surface area contributed by atoms with Crippen LogP contribution in [0.2, 0.25) is 0 Å². The van der Waals surface area contributed by atoms with E-state index in [9.17, 15) is 0 Å². The van der Waals surface area contributed by atoms with E-state index in [-0.39, 0.29) is 0 Å². The number of hydrogen-bond donors (Lipinski definition) is 1. The van der Waals surface area contributed by atoms with Crippen molar-refractivity contribution in [2.75, 3.05) is 13.2 Å². The zero-order valence-corrected chi connectivity index (χ0v) is 7.38. The second-order valence-corrected chi connectivity index (χ2v) is 3.50. The lowest BCUT2D eigenvalue weighted by atomic mass is 9.96. The van der Waals surface area contributed by atoms with E-state index in [2.05, 4.69) is 10.3 Å². The second kappa shape index (κ2) is 3.78. The Kier molecular flexibility index (Phi) is 2.49. The van der Waals surface area contributed by atoms with Crippen molar-refractivity contribution in [3.63, 3.8) is 0 Å². The van der Waals surface area contributed by atoms with E-state index >= 15 is 0 Å². The third-order valence-corrected chi connectivity index (χ3v) is 2.49. The minimum Gasteiger partial charge on any atom is -0.463 e. The summed E-state index contributed by atoms with van der Waals surface area (Å²) in [6, 6.07) is 1.31. The van der Waals surface area contributed by atoms with E-state index in [1.807, 2.05) is 0 Å². The van der Waals surface area contributed by atoms with E-state index in [1.54, 1.807) is 0 Å². The van der Waals surface area contributed by atoms with Gasteiger partial charge in [0.15, 0.2) is 0 Å². The number of aliphatic imine (C=N–C) groups is 1. The third kappa shape index (κ3) is 1.90. The van der Waals surface area contributed by atoms with Gasteiger partial charge in [-0.2, -0.15) is 0 Å². The highest BCUT2D eigenvalue weighted by atomic mass is 16.5. The van der Waals surface area contributed by atoms with E-state index < -0.39 is 0 Å². The standard InChI is InChI=1S/C9H16N2O/c1-2-4-8(5-3-1)11-9-10-6-7-12-9/h8H,1-7H2,(H,10,11). The third-order valence-electron chi connectivity index (χ3n) is 2.49. The van der Waals surface area contributed by atoms with Gasteiger partial charge in [-0.15, -0.1) is 0 Å². The van der Waals surface area contributed by atoms with Crippen molar-refractivity contribution in [2.24, 2.45) is 4.99 Å². The van der Waals surface area contributed by atoms with Gasteiger partial charge in [0.2, 0.25) is 0 Å². The van der Waals surface area contributed by atoms with Gasteiger partial charge in [-0.3, -0.25) is 0 Å². The molecule has 3 nitrogen and oxygen atoms in total. The molecule has 2 rings (SSSR count). The molecule has 0 spiro atoms. The van der Waals surface area contributed by atoms with Crippen molar-refractivity contribution in [3.05, 3.63) is 0 Å². The number of ether oxygens (including phenoxy) is 1. The molecule has 1 aliphatic carbocycles. The van der Waals surface area contributed by atoms with Crippen molar-refractivity contribution in [1.82, 2.24) is 5.32 Å². The Hall–Kier alpha value is -0.730. The molecule has 2 fully saturated rings. The number of nitrogens with one attached hydrogen (secondary N) is 1. The van der Waals surface area contributed by atoms with Crippen LogP contribution >= 0.6 is 0 Å². The summed E-state index contributed by atoms with van der Waals surface area (Å²) in [6.45, 7) is 1.71. The van der Waals surface area contributed by atoms with Gasteiger partial charge in [0, 0.05) is 0 Å². The largest absolute Gasteiger partial charge is 0.463 e. The Morgan fingerprint density at radius 2 is 2.08 bits per heavy atom. The Balaban J connectivity index is 1.86. The highest BCUT2D eigenvalue weighted by molar-refractivity contribution is 5.75. The molecular weight excluding hydrogens is 152 g/mol. The van der Waals surface area contributed by atoms with Crippen molar-refractivity contribution >= 4 is 6.02 Å². The van der Waals surface area contributed by atoms with Crippen LogP contribution in [0.3, 0.4) is 0 Å². The van der Waals surface area contributed by atoms with Gasteiger partial charge in [0.05, 0.1) is 12.6 Å². The van der Waals surface area contributed by atoms with Gasteiger partial charge in [0.1, 0.15) is 6.61 Å². The number of rotatable bonds is 1. The van der Waals surface area contributed by atoms with Gasteiger partial charge in [-0.25, -0.2) is 4.99 Å². The molecule has 1 heterocycles. The van der Waals surface area contributed by atoms with Crippen LogP contribution in [0.5, 0.6) is 0 Å². The Morgan fingerprint density at radius 1 is 1.25 bits per heavy atom. The van der Waals surface area contributed by atoms with E-state index in [0.29, 0.717) is 6.04 Å². The van der Waals surface area contributed by atoms with Crippen LogP contribution in [0.1, 0.15) is 32.1 Å². The minimum absolute atomic E-state index is 0.527. The molecule has 0 radical (unpaired) electrons. The fraction of sp³-hybridized carbons (Fsp3) is 0.889. The van der Waals surface area contributed by atoms with Gasteiger partial charge in [-0.05, 0) is 12.8 Å². The molecule has 1 saturated heterocycles. The zero-order valence-electron chi connectivity index (χ0n) is 7.38. The minimum atomic E-state index is 0.527. The predicted molar refractivity (Wildman–Crippen MR) is 48.3 cm³/mol. The molecule has 68 valence electrons. The van der Waals surface area contributed by atoms with Crippen LogP contribution in [0.25, 0.3) is 0 Å². The first kappa shape index (κ1) is 7.90. The average molecular weight is 168 g/mol. The monoisotopic (exact) mass is 168 g/mol.